The van der Waals surface area contributed by atoms with E-state index in [0.29, 0.717) is 12.8 Å². The molecule has 0 aromatic heterocycles. The van der Waals surface area contributed by atoms with E-state index in [1.54, 1.807) is 0 Å². The number of unbranched alkanes of at least 4 members (excludes halogenated alkanes) is 16. The van der Waals surface area contributed by atoms with Crippen LogP contribution in [0.25, 0.3) is 0 Å². The summed E-state index contributed by atoms with van der Waals surface area (Å²) in [5.41, 5.74) is 0. The molecule has 1 aliphatic rings. The van der Waals surface area contributed by atoms with Gasteiger partial charge in [0.15, 0.2) is 6.29 Å². The zero-order valence-corrected chi connectivity index (χ0v) is 29.8. The maximum Gasteiger partial charge on any atom is 0.220 e. The van der Waals surface area contributed by atoms with Gasteiger partial charge in [0, 0.05) is 6.42 Å². The molecule has 6 N–H and O–H groups in total. The van der Waals surface area contributed by atoms with E-state index in [0.717, 1.165) is 64.2 Å². The van der Waals surface area contributed by atoms with Gasteiger partial charge in [0.05, 0.1) is 25.4 Å². The van der Waals surface area contributed by atoms with E-state index in [-0.39, 0.29) is 12.5 Å². The summed E-state index contributed by atoms with van der Waals surface area (Å²) in [5.74, 6) is -0.167. The van der Waals surface area contributed by atoms with Crippen molar-refractivity contribution in [3.05, 3.63) is 24.3 Å². The van der Waals surface area contributed by atoms with E-state index in [1.807, 2.05) is 0 Å². The molecule has 0 aliphatic carbocycles. The Morgan fingerprint density at radius 3 is 1.74 bits per heavy atom. The zero-order valence-electron chi connectivity index (χ0n) is 29.8. The Hall–Kier alpha value is -1.33. The molecule has 1 amide bonds. The number of carbonyl (C=O) groups excluding carboxylic acids is 1. The van der Waals surface area contributed by atoms with Crippen molar-refractivity contribution in [3.63, 3.8) is 0 Å². The number of aliphatic hydroxyl groups is 5. The highest BCUT2D eigenvalue weighted by Gasteiger charge is 2.44. The number of hydrogen-bond donors (Lipinski definition) is 6. The maximum atomic E-state index is 12.8. The minimum Gasteiger partial charge on any atom is -0.394 e. The lowest BCUT2D eigenvalue weighted by atomic mass is 9.99. The van der Waals surface area contributed by atoms with E-state index >= 15 is 0 Å². The Kier molecular flexibility index (Phi) is 27.5. The third-order valence-electron chi connectivity index (χ3n) is 9.03. The number of nitrogens with one attached hydrogen (secondary N) is 1. The fraction of sp³-hybridized carbons (Fsp3) is 0.868. The van der Waals surface area contributed by atoms with Gasteiger partial charge in [0.2, 0.25) is 5.91 Å². The molecular weight excluding hydrogens is 598 g/mol. The van der Waals surface area contributed by atoms with Crippen LogP contribution in [0.4, 0.5) is 0 Å². The van der Waals surface area contributed by atoms with Gasteiger partial charge < -0.3 is 40.3 Å². The largest absolute Gasteiger partial charge is 0.394 e. The molecule has 0 aromatic carbocycles. The molecule has 47 heavy (non-hydrogen) atoms. The number of allylic oxidation sites excluding steroid dienone is 4. The number of aliphatic hydroxyl groups excluding tert-OH is 5. The van der Waals surface area contributed by atoms with Crippen molar-refractivity contribution < 1.29 is 39.8 Å². The lowest BCUT2D eigenvalue weighted by Gasteiger charge is -2.40. The third-order valence-corrected chi connectivity index (χ3v) is 9.03. The van der Waals surface area contributed by atoms with Gasteiger partial charge in [-0.15, -0.1) is 0 Å². The molecule has 1 saturated heterocycles. The first-order valence-electron chi connectivity index (χ1n) is 19.0. The van der Waals surface area contributed by atoms with Crippen LogP contribution in [0, 0.1) is 0 Å². The number of ether oxygens (including phenoxy) is 2. The molecule has 0 bridgehead atoms. The summed E-state index contributed by atoms with van der Waals surface area (Å²) in [6.07, 6.45) is 24.7. The molecule has 276 valence electrons. The van der Waals surface area contributed by atoms with Gasteiger partial charge in [-0.05, 0) is 64.2 Å². The van der Waals surface area contributed by atoms with Crippen LogP contribution in [0.1, 0.15) is 155 Å². The molecule has 0 saturated carbocycles. The topological polar surface area (TPSA) is 149 Å². The second-order valence-electron chi connectivity index (χ2n) is 13.4. The first kappa shape index (κ1) is 43.7. The summed E-state index contributed by atoms with van der Waals surface area (Å²) in [6, 6.07) is -0.734. The van der Waals surface area contributed by atoms with E-state index in [1.165, 1.54) is 64.2 Å². The predicted molar refractivity (Wildman–Crippen MR) is 189 cm³/mol. The van der Waals surface area contributed by atoms with Crippen LogP contribution in [-0.2, 0) is 14.3 Å². The Labute approximate surface area is 286 Å². The maximum absolute atomic E-state index is 12.8. The fourth-order valence-electron chi connectivity index (χ4n) is 5.85. The summed E-state index contributed by atoms with van der Waals surface area (Å²) in [6.45, 7) is 3.74. The summed E-state index contributed by atoms with van der Waals surface area (Å²) in [7, 11) is 0. The SMILES string of the molecule is CCCCCC/C=C/CCCCCCCC(=O)N[C@@H](CO[C@H]1O[C@@H](CO)[C@H](O)C(O)C1O)[C@H](O)CCCC/C=C/CCCCCCC. The molecule has 1 aliphatic heterocycles. The summed E-state index contributed by atoms with van der Waals surface area (Å²) in [5, 5.41) is 53.9. The molecule has 9 nitrogen and oxygen atoms in total. The quantitative estimate of drug-likeness (QED) is 0.0381. The van der Waals surface area contributed by atoms with E-state index in [2.05, 4.69) is 43.5 Å². The standard InChI is InChI=1S/C38H71NO8/c1-3-5-7-9-11-13-15-16-18-20-22-24-26-28-34(42)39-31(30-46-38-37(45)36(44)35(43)33(29-40)47-38)32(41)27-25-23-21-19-17-14-12-10-8-6-4-2/h13,15,17,19,31-33,35-38,40-41,43-45H,3-12,14,16,18,20-30H2,1-2H3,(H,39,42)/b15-13+,19-17+/t31-,32+,33-,35-,36?,37?,38-/m0/s1. The molecule has 1 heterocycles. The normalized spacial score (nSPS) is 23.1. The lowest BCUT2D eigenvalue weighted by Crippen LogP contribution is -2.60. The molecule has 0 aromatic rings. The van der Waals surface area contributed by atoms with Crippen molar-refractivity contribution in [2.75, 3.05) is 13.2 Å². The highest BCUT2D eigenvalue weighted by Crippen LogP contribution is 2.22. The van der Waals surface area contributed by atoms with Crippen LogP contribution in [0.5, 0.6) is 0 Å². The van der Waals surface area contributed by atoms with Crippen LogP contribution in [0.3, 0.4) is 0 Å². The minimum absolute atomic E-state index is 0.153. The van der Waals surface area contributed by atoms with Crippen LogP contribution < -0.4 is 5.32 Å². The highest BCUT2D eigenvalue weighted by atomic mass is 16.7. The Bertz CT molecular complexity index is 792. The summed E-state index contributed by atoms with van der Waals surface area (Å²) < 4.78 is 11.2. The Balaban J connectivity index is 2.46. The number of hydrogen-bond acceptors (Lipinski definition) is 8. The minimum atomic E-state index is -1.56. The molecule has 0 radical (unpaired) electrons. The molecule has 7 atom stereocenters. The van der Waals surface area contributed by atoms with Crippen LogP contribution in [0.15, 0.2) is 24.3 Å². The van der Waals surface area contributed by atoms with E-state index < -0.39 is 49.5 Å². The molecule has 9 heteroatoms. The summed E-state index contributed by atoms with van der Waals surface area (Å²) >= 11 is 0. The van der Waals surface area contributed by atoms with Gasteiger partial charge in [-0.25, -0.2) is 0 Å². The van der Waals surface area contributed by atoms with Gasteiger partial charge in [-0.1, -0.05) is 109 Å². The van der Waals surface area contributed by atoms with Gasteiger partial charge in [-0.3, -0.25) is 4.79 Å². The van der Waals surface area contributed by atoms with Gasteiger partial charge in [0.1, 0.15) is 24.4 Å². The van der Waals surface area contributed by atoms with E-state index in [4.69, 9.17) is 9.47 Å². The van der Waals surface area contributed by atoms with Crippen LogP contribution in [-0.4, -0.2) is 87.5 Å². The number of rotatable bonds is 30. The monoisotopic (exact) mass is 670 g/mol. The van der Waals surface area contributed by atoms with Gasteiger partial charge in [0.25, 0.3) is 0 Å². The van der Waals surface area contributed by atoms with Crippen LogP contribution >= 0.6 is 0 Å². The Morgan fingerprint density at radius 2 is 1.19 bits per heavy atom. The Morgan fingerprint density at radius 1 is 0.702 bits per heavy atom. The van der Waals surface area contributed by atoms with Crippen molar-refractivity contribution in [2.24, 2.45) is 0 Å². The van der Waals surface area contributed by atoms with Crippen molar-refractivity contribution in [1.29, 1.82) is 0 Å². The first-order chi connectivity index (χ1) is 22.8. The summed E-state index contributed by atoms with van der Waals surface area (Å²) in [4.78, 5) is 12.8. The molecular formula is C38H71NO8. The smallest absolute Gasteiger partial charge is 0.220 e. The predicted octanol–water partition coefficient (Wildman–Crippen LogP) is 6.38. The van der Waals surface area contributed by atoms with Gasteiger partial charge >= 0.3 is 0 Å². The second-order valence-corrected chi connectivity index (χ2v) is 13.4. The first-order valence-corrected chi connectivity index (χ1v) is 19.0. The third kappa shape index (κ3) is 21.4. The van der Waals surface area contributed by atoms with Gasteiger partial charge in [-0.2, -0.15) is 0 Å². The van der Waals surface area contributed by atoms with Crippen molar-refractivity contribution >= 4 is 5.91 Å². The number of carbonyl (C=O) groups is 1. The lowest BCUT2D eigenvalue weighted by molar-refractivity contribution is -0.302. The van der Waals surface area contributed by atoms with E-state index in [9.17, 15) is 30.3 Å². The molecule has 0 spiro atoms. The zero-order chi connectivity index (χ0) is 34.5. The average molecular weight is 670 g/mol. The second kappa shape index (κ2) is 29.6. The average Bonchev–Trinajstić information content (AvgIpc) is 3.07. The number of amides is 1. The highest BCUT2D eigenvalue weighted by molar-refractivity contribution is 5.76. The molecule has 1 rings (SSSR count). The van der Waals surface area contributed by atoms with Crippen LogP contribution in [0.2, 0.25) is 0 Å². The van der Waals surface area contributed by atoms with Crippen molar-refractivity contribution in [1.82, 2.24) is 5.32 Å². The molecule has 1 fully saturated rings. The fourth-order valence-corrected chi connectivity index (χ4v) is 5.85. The van der Waals surface area contributed by atoms with Crippen molar-refractivity contribution in [3.8, 4) is 0 Å². The molecule has 2 unspecified atom stereocenters. The van der Waals surface area contributed by atoms with Crippen molar-refractivity contribution in [2.45, 2.75) is 198 Å².